The van der Waals surface area contributed by atoms with Crippen LogP contribution in [0.15, 0.2) is 17.8 Å². The number of nitrogens with zero attached hydrogens (tertiary/aromatic N) is 3. The van der Waals surface area contributed by atoms with Crippen LogP contribution in [0.4, 0.5) is 5.69 Å². The second kappa shape index (κ2) is 5.48. The van der Waals surface area contributed by atoms with Gasteiger partial charge in [-0.25, -0.2) is 4.79 Å². The smallest absolute Gasteiger partial charge is 0.392 e. The summed E-state index contributed by atoms with van der Waals surface area (Å²) in [6, 6.07) is 1.24. The normalized spacial score (nSPS) is 10.1. The number of ether oxygens (including phenoxy) is 2. The lowest BCUT2D eigenvalue weighted by atomic mass is 10.4. The molecule has 0 aliphatic carbocycles. The Hall–Kier alpha value is -2.75. The van der Waals surface area contributed by atoms with Gasteiger partial charge in [0.1, 0.15) is 17.0 Å². The highest BCUT2D eigenvalue weighted by Crippen LogP contribution is 2.36. The van der Waals surface area contributed by atoms with E-state index in [9.17, 15) is 14.9 Å². The monoisotopic (exact) mass is 297 g/mol. The summed E-state index contributed by atoms with van der Waals surface area (Å²) in [6.07, 6.45) is 1.05. The van der Waals surface area contributed by atoms with E-state index in [0.717, 1.165) is 17.7 Å². The first-order chi connectivity index (χ1) is 9.52. The second-order valence-electron chi connectivity index (χ2n) is 3.35. The van der Waals surface area contributed by atoms with E-state index in [-0.39, 0.29) is 22.4 Å². The van der Waals surface area contributed by atoms with E-state index in [0.29, 0.717) is 0 Å². The molecule has 0 fully saturated rings. The summed E-state index contributed by atoms with van der Waals surface area (Å²) < 4.78 is 9.98. The molecule has 0 radical (unpaired) electrons. The van der Waals surface area contributed by atoms with Gasteiger partial charge in [0.25, 0.3) is 0 Å². The summed E-state index contributed by atoms with van der Waals surface area (Å²) in [7, 11) is 1.23. The number of carboxylic acids is 1. The van der Waals surface area contributed by atoms with Crippen LogP contribution in [0.1, 0.15) is 9.67 Å². The van der Waals surface area contributed by atoms with Crippen molar-refractivity contribution in [3.63, 3.8) is 0 Å². The lowest BCUT2D eigenvalue weighted by Crippen LogP contribution is -2.00. The minimum absolute atomic E-state index is 0.0451. The largest absolute Gasteiger partial charge is 0.477 e. The summed E-state index contributed by atoms with van der Waals surface area (Å²) in [5.74, 6) is -1.54. The van der Waals surface area contributed by atoms with E-state index in [2.05, 4.69) is 9.97 Å². The molecule has 2 aromatic rings. The van der Waals surface area contributed by atoms with Gasteiger partial charge in [0, 0.05) is 11.4 Å². The van der Waals surface area contributed by atoms with E-state index in [1.165, 1.54) is 18.6 Å². The van der Waals surface area contributed by atoms with Gasteiger partial charge in [-0.1, -0.05) is 0 Å². The molecule has 104 valence electrons. The highest BCUT2D eigenvalue weighted by molar-refractivity contribution is 7.12. The molecule has 2 aromatic heterocycles. The summed E-state index contributed by atoms with van der Waals surface area (Å²) in [4.78, 5) is 28.3. The SMILES string of the molecule is COc1ncnc(Oc2csc(C(=O)O)c2)c1[N+](=O)[O-]. The molecular weight excluding hydrogens is 290 g/mol. The molecule has 9 nitrogen and oxygen atoms in total. The summed E-state index contributed by atoms with van der Waals surface area (Å²) in [5.41, 5.74) is -0.530. The molecule has 0 aromatic carbocycles. The van der Waals surface area contributed by atoms with Crippen molar-refractivity contribution in [1.82, 2.24) is 9.97 Å². The lowest BCUT2D eigenvalue weighted by molar-refractivity contribution is -0.387. The zero-order chi connectivity index (χ0) is 14.7. The van der Waals surface area contributed by atoms with Crippen LogP contribution in [0.25, 0.3) is 0 Å². The molecule has 1 N–H and O–H groups in total. The molecular formula is C10H7N3O6S. The average Bonchev–Trinajstić information content (AvgIpc) is 2.86. The molecule has 0 amide bonds. The third-order valence-corrected chi connectivity index (χ3v) is 3.03. The zero-order valence-corrected chi connectivity index (χ0v) is 10.8. The number of carboxylic acid groups (broad SMARTS) is 1. The van der Waals surface area contributed by atoms with Gasteiger partial charge in [0.2, 0.25) is 0 Å². The summed E-state index contributed by atoms with van der Waals surface area (Å²) >= 11 is 0.932. The van der Waals surface area contributed by atoms with Crippen molar-refractivity contribution in [3.05, 3.63) is 32.8 Å². The maximum Gasteiger partial charge on any atom is 0.392 e. The minimum atomic E-state index is -1.11. The Morgan fingerprint density at radius 3 is 2.70 bits per heavy atom. The number of aromatic carboxylic acids is 1. The Balaban J connectivity index is 2.37. The Bertz CT molecular complexity index is 671. The summed E-state index contributed by atoms with van der Waals surface area (Å²) in [6.45, 7) is 0. The van der Waals surface area contributed by atoms with Gasteiger partial charge in [-0.3, -0.25) is 10.1 Å². The predicted molar refractivity (Wildman–Crippen MR) is 66.6 cm³/mol. The fourth-order valence-electron chi connectivity index (χ4n) is 1.32. The van der Waals surface area contributed by atoms with Gasteiger partial charge in [-0.15, -0.1) is 11.3 Å². The van der Waals surface area contributed by atoms with Crippen LogP contribution < -0.4 is 9.47 Å². The minimum Gasteiger partial charge on any atom is -0.477 e. The maximum atomic E-state index is 11.0. The number of carbonyl (C=O) groups is 1. The van der Waals surface area contributed by atoms with E-state index in [4.69, 9.17) is 14.6 Å². The first-order valence-electron chi connectivity index (χ1n) is 5.06. The second-order valence-corrected chi connectivity index (χ2v) is 4.26. The lowest BCUT2D eigenvalue weighted by Gasteiger charge is -2.04. The van der Waals surface area contributed by atoms with Gasteiger partial charge in [0.15, 0.2) is 0 Å². The number of hydrogen-bond acceptors (Lipinski definition) is 8. The number of hydrogen-bond donors (Lipinski definition) is 1. The fraction of sp³-hybridized carbons (Fsp3) is 0.100. The number of thiophene rings is 1. The molecule has 0 aliphatic heterocycles. The van der Waals surface area contributed by atoms with Crippen LogP contribution in [0.5, 0.6) is 17.5 Å². The van der Waals surface area contributed by atoms with Gasteiger partial charge in [-0.2, -0.15) is 9.97 Å². The van der Waals surface area contributed by atoms with E-state index >= 15 is 0 Å². The fourth-order valence-corrected chi connectivity index (χ4v) is 1.97. The molecule has 0 spiro atoms. The van der Waals surface area contributed by atoms with Gasteiger partial charge < -0.3 is 14.6 Å². The molecule has 0 bridgehead atoms. The summed E-state index contributed by atoms with van der Waals surface area (Å²) in [5, 5.41) is 21.2. The van der Waals surface area contributed by atoms with Crippen LogP contribution in [-0.2, 0) is 0 Å². The van der Waals surface area contributed by atoms with Crippen molar-refractivity contribution >= 4 is 23.0 Å². The zero-order valence-electron chi connectivity index (χ0n) is 9.97. The quantitative estimate of drug-likeness (QED) is 0.655. The van der Waals surface area contributed by atoms with Crippen LogP contribution in [0.2, 0.25) is 0 Å². The van der Waals surface area contributed by atoms with Crippen LogP contribution in [0, 0.1) is 10.1 Å². The topological polar surface area (TPSA) is 125 Å². The van der Waals surface area contributed by atoms with Crippen molar-refractivity contribution in [1.29, 1.82) is 0 Å². The Kier molecular flexibility index (Phi) is 3.75. The first kappa shape index (κ1) is 13.7. The molecule has 0 atom stereocenters. The Morgan fingerprint density at radius 1 is 1.45 bits per heavy atom. The molecule has 0 aliphatic rings. The number of aromatic nitrogens is 2. The van der Waals surface area contributed by atoms with Crippen LogP contribution >= 0.6 is 11.3 Å². The van der Waals surface area contributed by atoms with E-state index in [1.807, 2.05) is 0 Å². The third-order valence-electron chi connectivity index (χ3n) is 2.13. The number of rotatable bonds is 5. The van der Waals surface area contributed by atoms with Crippen molar-refractivity contribution in [2.45, 2.75) is 0 Å². The van der Waals surface area contributed by atoms with Crippen molar-refractivity contribution in [2.75, 3.05) is 7.11 Å². The molecule has 0 saturated heterocycles. The number of nitro groups is 1. The molecule has 10 heteroatoms. The molecule has 2 heterocycles. The maximum absolute atomic E-state index is 11.0. The predicted octanol–water partition coefficient (Wildman–Crippen LogP) is 1.95. The number of methoxy groups -OCH3 is 1. The van der Waals surface area contributed by atoms with Crippen molar-refractivity contribution in [2.24, 2.45) is 0 Å². The average molecular weight is 297 g/mol. The molecule has 0 saturated carbocycles. The molecule has 2 rings (SSSR count). The highest BCUT2D eigenvalue weighted by Gasteiger charge is 2.26. The van der Waals surface area contributed by atoms with Gasteiger partial charge in [0.05, 0.1) is 12.0 Å². The first-order valence-corrected chi connectivity index (χ1v) is 5.94. The molecule has 0 unspecified atom stereocenters. The highest BCUT2D eigenvalue weighted by atomic mass is 32.1. The van der Waals surface area contributed by atoms with Crippen LogP contribution in [0.3, 0.4) is 0 Å². The van der Waals surface area contributed by atoms with Crippen molar-refractivity contribution in [3.8, 4) is 17.5 Å². The van der Waals surface area contributed by atoms with E-state index in [1.54, 1.807) is 0 Å². The third kappa shape index (κ3) is 2.64. The molecule has 20 heavy (non-hydrogen) atoms. The van der Waals surface area contributed by atoms with E-state index < -0.39 is 16.6 Å². The Labute approximate surface area is 115 Å². The van der Waals surface area contributed by atoms with Crippen molar-refractivity contribution < 1.29 is 24.3 Å². The van der Waals surface area contributed by atoms with Crippen LogP contribution in [-0.4, -0.2) is 33.1 Å². The van der Waals surface area contributed by atoms with Gasteiger partial charge >= 0.3 is 23.4 Å². The van der Waals surface area contributed by atoms with Gasteiger partial charge in [-0.05, 0) is 0 Å². The Morgan fingerprint density at radius 2 is 2.15 bits per heavy atom. The standard InChI is InChI=1S/C10H7N3O6S/c1-18-8-7(13(16)17)9(12-4-11-8)19-5-2-6(10(14)15)20-3-5/h2-4H,1H3,(H,14,15).